The highest BCUT2D eigenvalue weighted by Gasteiger charge is 2.19. The Morgan fingerprint density at radius 2 is 2.00 bits per heavy atom. The number of primary sulfonamides is 1. The molecule has 0 amide bonds. The van der Waals surface area contributed by atoms with Crippen molar-refractivity contribution in [2.45, 2.75) is 13.0 Å². The minimum atomic E-state index is -3.60. The molecule has 84 valence electrons. The third kappa shape index (κ3) is 3.90. The van der Waals surface area contributed by atoms with Crippen molar-refractivity contribution < 1.29 is 13.2 Å². The lowest BCUT2D eigenvalue weighted by Gasteiger charge is -2.11. The molecule has 1 aromatic rings. The van der Waals surface area contributed by atoms with Gasteiger partial charge in [0.25, 0.3) is 0 Å². The molecule has 0 spiro atoms. The molecule has 15 heavy (non-hydrogen) atoms. The second kappa shape index (κ2) is 4.65. The Morgan fingerprint density at radius 3 is 2.40 bits per heavy atom. The first-order valence-corrected chi connectivity index (χ1v) is 5.95. The van der Waals surface area contributed by atoms with Crippen molar-refractivity contribution in [3.8, 4) is 0 Å². The molecule has 1 heterocycles. The summed E-state index contributed by atoms with van der Waals surface area (Å²) in [7, 11) is -2.21. The number of hydrogen-bond acceptors (Lipinski definition) is 5. The van der Waals surface area contributed by atoms with E-state index in [9.17, 15) is 8.42 Å². The molecule has 0 aliphatic heterocycles. The molecular weight excluding hydrogens is 218 g/mol. The van der Waals surface area contributed by atoms with Gasteiger partial charge in [-0.15, -0.1) is 0 Å². The number of hydrogen-bond donors (Lipinski definition) is 1. The van der Waals surface area contributed by atoms with Gasteiger partial charge in [0.1, 0.15) is 6.10 Å². The summed E-state index contributed by atoms with van der Waals surface area (Å²) in [6.07, 6.45) is 2.47. The van der Waals surface area contributed by atoms with Gasteiger partial charge in [-0.25, -0.2) is 23.5 Å². The molecule has 6 nitrogen and oxygen atoms in total. The van der Waals surface area contributed by atoms with E-state index in [1.807, 2.05) is 6.92 Å². The predicted octanol–water partition coefficient (Wildman–Crippen LogP) is -0.239. The summed E-state index contributed by atoms with van der Waals surface area (Å²) in [6, 6.07) is 0. The van der Waals surface area contributed by atoms with Crippen LogP contribution in [0.1, 0.15) is 17.5 Å². The van der Waals surface area contributed by atoms with Crippen LogP contribution in [-0.4, -0.2) is 31.2 Å². The maximum atomic E-state index is 10.9. The van der Waals surface area contributed by atoms with Gasteiger partial charge in [0.15, 0.2) is 5.82 Å². The van der Waals surface area contributed by atoms with Crippen LogP contribution in [0.4, 0.5) is 0 Å². The number of nitrogens with two attached hydrogens (primary N) is 1. The summed E-state index contributed by atoms with van der Waals surface area (Å²) in [6.45, 7) is 1.84. The zero-order valence-corrected chi connectivity index (χ0v) is 9.36. The highest BCUT2D eigenvalue weighted by molar-refractivity contribution is 7.89. The van der Waals surface area contributed by atoms with E-state index in [0.717, 1.165) is 5.56 Å². The molecule has 7 heteroatoms. The van der Waals surface area contributed by atoms with E-state index in [2.05, 4.69) is 9.97 Å². The third-order valence-electron chi connectivity index (χ3n) is 1.76. The van der Waals surface area contributed by atoms with Crippen LogP contribution in [0, 0.1) is 6.92 Å². The molecule has 0 radical (unpaired) electrons. The van der Waals surface area contributed by atoms with Gasteiger partial charge < -0.3 is 4.74 Å². The van der Waals surface area contributed by atoms with E-state index in [-0.39, 0.29) is 5.75 Å². The Kier molecular flexibility index (Phi) is 3.72. The SMILES string of the molecule is COC(CS(N)(=O)=O)c1ncc(C)cn1. The highest BCUT2D eigenvalue weighted by Crippen LogP contribution is 2.12. The standard InChI is InChI=1S/C8H13N3O3S/c1-6-3-10-8(11-4-6)7(14-2)5-15(9,12)13/h3-4,7H,5H2,1-2H3,(H2,9,12,13). The monoisotopic (exact) mass is 231 g/mol. The maximum Gasteiger partial charge on any atom is 0.212 e. The van der Waals surface area contributed by atoms with Gasteiger partial charge in [-0.2, -0.15) is 0 Å². The van der Waals surface area contributed by atoms with E-state index in [1.54, 1.807) is 12.4 Å². The molecule has 0 saturated carbocycles. The molecule has 2 N–H and O–H groups in total. The maximum absolute atomic E-state index is 10.9. The molecule has 0 aliphatic carbocycles. The van der Waals surface area contributed by atoms with Gasteiger partial charge in [0.2, 0.25) is 10.0 Å². The topological polar surface area (TPSA) is 95.2 Å². The summed E-state index contributed by atoms with van der Waals surface area (Å²) in [5.41, 5.74) is 0.893. The Balaban J connectivity index is 2.88. The molecule has 0 saturated heterocycles. The van der Waals surface area contributed by atoms with Crippen molar-refractivity contribution in [1.82, 2.24) is 9.97 Å². The number of nitrogens with zero attached hydrogens (tertiary/aromatic N) is 2. The van der Waals surface area contributed by atoms with E-state index in [0.29, 0.717) is 5.82 Å². The van der Waals surface area contributed by atoms with Gasteiger partial charge in [0, 0.05) is 19.5 Å². The van der Waals surface area contributed by atoms with Crippen LogP contribution in [0.15, 0.2) is 12.4 Å². The van der Waals surface area contributed by atoms with Gasteiger partial charge in [0.05, 0.1) is 5.75 Å². The molecule has 1 aromatic heterocycles. The summed E-state index contributed by atoms with van der Waals surface area (Å²) in [5.74, 6) is -0.0100. The first-order chi connectivity index (χ1) is 6.92. The van der Waals surface area contributed by atoms with E-state index >= 15 is 0 Å². The second-order valence-corrected chi connectivity index (χ2v) is 4.83. The van der Waals surface area contributed by atoms with Crippen LogP contribution in [0.2, 0.25) is 0 Å². The molecular formula is C8H13N3O3S. The number of sulfonamides is 1. The molecule has 1 atom stereocenters. The van der Waals surface area contributed by atoms with Gasteiger partial charge in [-0.05, 0) is 12.5 Å². The fourth-order valence-electron chi connectivity index (χ4n) is 1.03. The molecule has 1 rings (SSSR count). The molecule has 0 aromatic carbocycles. The lowest BCUT2D eigenvalue weighted by Crippen LogP contribution is -2.24. The lowest BCUT2D eigenvalue weighted by molar-refractivity contribution is 0.114. The van der Waals surface area contributed by atoms with Crippen LogP contribution in [0.3, 0.4) is 0 Å². The number of rotatable bonds is 4. The van der Waals surface area contributed by atoms with E-state index in [1.165, 1.54) is 7.11 Å². The van der Waals surface area contributed by atoms with E-state index < -0.39 is 16.1 Å². The minimum Gasteiger partial charge on any atom is -0.372 e. The zero-order chi connectivity index (χ0) is 11.5. The largest absolute Gasteiger partial charge is 0.372 e. The van der Waals surface area contributed by atoms with Crippen LogP contribution in [0.5, 0.6) is 0 Å². The fourth-order valence-corrected chi connectivity index (χ4v) is 1.73. The predicted molar refractivity (Wildman–Crippen MR) is 54.5 cm³/mol. The molecule has 0 bridgehead atoms. The van der Waals surface area contributed by atoms with Crippen LogP contribution < -0.4 is 5.14 Å². The molecule has 1 unspecified atom stereocenters. The number of aromatic nitrogens is 2. The average molecular weight is 231 g/mol. The second-order valence-electron chi connectivity index (χ2n) is 3.17. The number of aryl methyl sites for hydroxylation is 1. The summed E-state index contributed by atoms with van der Waals surface area (Å²) >= 11 is 0. The highest BCUT2D eigenvalue weighted by atomic mass is 32.2. The quantitative estimate of drug-likeness (QED) is 0.771. The van der Waals surface area contributed by atoms with E-state index in [4.69, 9.17) is 9.88 Å². The Bertz CT molecular complexity index is 415. The summed E-state index contributed by atoms with van der Waals surface area (Å²) < 4.78 is 26.7. The van der Waals surface area contributed by atoms with Crippen molar-refractivity contribution in [2.75, 3.05) is 12.9 Å². The van der Waals surface area contributed by atoms with Crippen molar-refractivity contribution in [3.05, 3.63) is 23.8 Å². The van der Waals surface area contributed by atoms with Crippen LogP contribution in [-0.2, 0) is 14.8 Å². The van der Waals surface area contributed by atoms with Gasteiger partial charge in [-0.1, -0.05) is 0 Å². The zero-order valence-electron chi connectivity index (χ0n) is 8.54. The van der Waals surface area contributed by atoms with Gasteiger partial charge in [-0.3, -0.25) is 0 Å². The average Bonchev–Trinajstić information content (AvgIpc) is 2.14. The Hall–Kier alpha value is -1.05. The van der Waals surface area contributed by atoms with Crippen molar-refractivity contribution in [2.24, 2.45) is 5.14 Å². The number of methoxy groups -OCH3 is 1. The van der Waals surface area contributed by atoms with Gasteiger partial charge >= 0.3 is 0 Å². The normalized spacial score (nSPS) is 13.8. The molecule has 0 aliphatic rings. The lowest BCUT2D eigenvalue weighted by atomic mass is 10.3. The fraction of sp³-hybridized carbons (Fsp3) is 0.500. The minimum absolute atomic E-state index is 0.317. The smallest absolute Gasteiger partial charge is 0.212 e. The molecule has 0 fully saturated rings. The first-order valence-electron chi connectivity index (χ1n) is 4.24. The van der Waals surface area contributed by atoms with Crippen molar-refractivity contribution in [3.63, 3.8) is 0 Å². The third-order valence-corrected chi connectivity index (χ3v) is 2.52. The van der Waals surface area contributed by atoms with Crippen molar-refractivity contribution >= 4 is 10.0 Å². The van der Waals surface area contributed by atoms with Crippen LogP contribution >= 0.6 is 0 Å². The number of ether oxygens (including phenoxy) is 1. The summed E-state index contributed by atoms with van der Waals surface area (Å²) in [5, 5.41) is 4.92. The first kappa shape index (κ1) is 12.0. The van der Waals surface area contributed by atoms with Crippen molar-refractivity contribution in [1.29, 1.82) is 0 Å². The Morgan fingerprint density at radius 1 is 1.47 bits per heavy atom. The Labute approximate surface area is 88.5 Å². The summed E-state index contributed by atoms with van der Waals surface area (Å²) in [4.78, 5) is 7.96. The van der Waals surface area contributed by atoms with Crippen LogP contribution in [0.25, 0.3) is 0 Å².